The minimum Gasteiger partial charge on any atom is -0.494 e. The number of carbonyl (C=O) groups is 2. The molecule has 4 rings (SSSR count). The molecule has 0 amide bonds. The zero-order valence-electron chi connectivity index (χ0n) is 16.4. The van der Waals surface area contributed by atoms with E-state index in [1.54, 1.807) is 24.3 Å². The number of rotatable bonds is 6. The average Bonchev–Trinajstić information content (AvgIpc) is 2.76. The first-order valence-corrected chi connectivity index (χ1v) is 10.0. The molecule has 0 fully saturated rings. The summed E-state index contributed by atoms with van der Waals surface area (Å²) in [6.45, 7) is 2.17. The molecular weight excluding hydrogens is 366 g/mol. The molecule has 0 saturated carbocycles. The molecule has 0 bridgehead atoms. The van der Waals surface area contributed by atoms with Crippen molar-refractivity contribution >= 4 is 22.7 Å². The fraction of sp³-hybridized carbons (Fsp3) is 0.292. The number of pyridine rings is 1. The van der Waals surface area contributed by atoms with Gasteiger partial charge in [-0.25, -0.2) is 4.79 Å². The van der Waals surface area contributed by atoms with Crippen LogP contribution < -0.4 is 4.74 Å². The van der Waals surface area contributed by atoms with Crippen molar-refractivity contribution in [2.75, 3.05) is 13.2 Å². The number of hydrogen-bond acceptors (Lipinski definition) is 5. The summed E-state index contributed by atoms with van der Waals surface area (Å²) >= 11 is 0. The molecule has 5 nitrogen and oxygen atoms in total. The van der Waals surface area contributed by atoms with Gasteiger partial charge in [-0.3, -0.25) is 9.78 Å². The van der Waals surface area contributed by atoms with Gasteiger partial charge >= 0.3 is 5.97 Å². The number of Topliss-reactive ketones (excluding diaryl/α,β-unsaturated/α-hetero) is 1. The van der Waals surface area contributed by atoms with Crippen molar-refractivity contribution < 1.29 is 19.1 Å². The number of benzene rings is 2. The predicted molar refractivity (Wildman–Crippen MR) is 111 cm³/mol. The highest BCUT2D eigenvalue weighted by Crippen LogP contribution is 2.29. The summed E-state index contributed by atoms with van der Waals surface area (Å²) in [5.41, 5.74) is 3.78. The van der Waals surface area contributed by atoms with E-state index >= 15 is 0 Å². The Morgan fingerprint density at radius 3 is 2.55 bits per heavy atom. The lowest BCUT2D eigenvalue weighted by molar-refractivity contribution is 0.0475. The zero-order chi connectivity index (χ0) is 20.2. The van der Waals surface area contributed by atoms with Gasteiger partial charge in [-0.1, -0.05) is 18.2 Å². The van der Waals surface area contributed by atoms with Crippen molar-refractivity contribution in [1.82, 2.24) is 4.98 Å². The number of ether oxygens (including phenoxy) is 2. The van der Waals surface area contributed by atoms with E-state index in [0.29, 0.717) is 23.5 Å². The fourth-order valence-corrected chi connectivity index (χ4v) is 3.80. The molecule has 0 radical (unpaired) electrons. The van der Waals surface area contributed by atoms with E-state index in [4.69, 9.17) is 14.5 Å². The van der Waals surface area contributed by atoms with Gasteiger partial charge in [0.1, 0.15) is 5.75 Å². The van der Waals surface area contributed by atoms with Gasteiger partial charge in [0, 0.05) is 16.6 Å². The maximum atomic E-state index is 13.0. The summed E-state index contributed by atoms with van der Waals surface area (Å²) in [5, 5.41) is 0.784. The molecule has 0 aliphatic heterocycles. The second kappa shape index (κ2) is 8.43. The van der Waals surface area contributed by atoms with E-state index in [9.17, 15) is 9.59 Å². The van der Waals surface area contributed by atoms with Crippen LogP contribution in [0.3, 0.4) is 0 Å². The predicted octanol–water partition coefficient (Wildman–Crippen LogP) is 4.55. The van der Waals surface area contributed by atoms with E-state index in [2.05, 4.69) is 0 Å². The van der Waals surface area contributed by atoms with Gasteiger partial charge in [-0.15, -0.1) is 0 Å². The summed E-state index contributed by atoms with van der Waals surface area (Å²) in [6, 6.07) is 14.5. The second-order valence-electron chi connectivity index (χ2n) is 7.09. The highest BCUT2D eigenvalue weighted by Gasteiger charge is 2.24. The smallest absolute Gasteiger partial charge is 0.339 e. The number of ketones is 1. The van der Waals surface area contributed by atoms with E-state index in [0.717, 1.165) is 47.8 Å². The minimum absolute atomic E-state index is 0.242. The maximum Gasteiger partial charge on any atom is 0.339 e. The van der Waals surface area contributed by atoms with Crippen molar-refractivity contribution in [3.05, 3.63) is 70.9 Å². The van der Waals surface area contributed by atoms with Crippen LogP contribution in [0, 0.1) is 0 Å². The average molecular weight is 389 g/mol. The molecule has 0 spiro atoms. The molecule has 0 N–H and O–H groups in total. The van der Waals surface area contributed by atoms with Crippen LogP contribution in [0.5, 0.6) is 5.75 Å². The van der Waals surface area contributed by atoms with Crippen LogP contribution in [0.1, 0.15) is 51.7 Å². The van der Waals surface area contributed by atoms with Gasteiger partial charge < -0.3 is 9.47 Å². The van der Waals surface area contributed by atoms with Gasteiger partial charge in [0.25, 0.3) is 0 Å². The summed E-state index contributed by atoms with van der Waals surface area (Å²) < 4.78 is 10.8. The topological polar surface area (TPSA) is 65.5 Å². The Morgan fingerprint density at radius 2 is 1.76 bits per heavy atom. The first-order chi connectivity index (χ1) is 14.2. The summed E-state index contributed by atoms with van der Waals surface area (Å²) in [4.78, 5) is 30.2. The van der Waals surface area contributed by atoms with Crippen LogP contribution in [0.15, 0.2) is 48.5 Å². The standard InChI is InChI=1S/C24H23NO4/c1-2-28-17-13-11-16(12-14-17)22(26)15-29-24(27)23-18-7-3-5-9-20(18)25-21-10-6-4-8-19(21)23/h3,5,7,9,11-14H,2,4,6,8,10,15H2,1H3. The van der Waals surface area contributed by atoms with Crippen LogP contribution in [-0.4, -0.2) is 30.0 Å². The Hall–Kier alpha value is -3.21. The Morgan fingerprint density at radius 1 is 1.00 bits per heavy atom. The van der Waals surface area contributed by atoms with E-state index in [1.165, 1.54) is 0 Å². The zero-order valence-corrected chi connectivity index (χ0v) is 16.4. The van der Waals surface area contributed by atoms with Crippen LogP contribution in [0.4, 0.5) is 0 Å². The molecular formula is C24H23NO4. The molecule has 3 aromatic rings. The third-order valence-corrected chi connectivity index (χ3v) is 5.20. The van der Waals surface area contributed by atoms with Gasteiger partial charge in [0.15, 0.2) is 12.4 Å². The summed E-state index contributed by atoms with van der Waals surface area (Å²) in [5.74, 6) is 0.00518. The Bertz CT molecular complexity index is 1060. The van der Waals surface area contributed by atoms with Crippen molar-refractivity contribution in [1.29, 1.82) is 0 Å². The summed E-state index contributed by atoms with van der Waals surface area (Å²) in [7, 11) is 0. The Kier molecular flexibility index (Phi) is 5.56. The molecule has 5 heteroatoms. The van der Waals surface area contributed by atoms with Crippen LogP contribution >= 0.6 is 0 Å². The van der Waals surface area contributed by atoms with E-state index < -0.39 is 5.97 Å². The lowest BCUT2D eigenvalue weighted by Crippen LogP contribution is -2.18. The summed E-state index contributed by atoms with van der Waals surface area (Å²) in [6.07, 6.45) is 3.78. The highest BCUT2D eigenvalue weighted by molar-refractivity contribution is 6.06. The molecule has 1 aromatic heterocycles. The van der Waals surface area contributed by atoms with Gasteiger partial charge in [0.05, 0.1) is 17.7 Å². The Balaban J connectivity index is 1.55. The SMILES string of the molecule is CCOc1ccc(C(=O)COC(=O)c2c3c(nc4ccccc24)CCCC3)cc1. The molecule has 0 atom stereocenters. The molecule has 148 valence electrons. The number of aromatic nitrogens is 1. The molecule has 1 aliphatic carbocycles. The number of hydrogen-bond donors (Lipinski definition) is 0. The number of aryl methyl sites for hydroxylation is 1. The lowest BCUT2D eigenvalue weighted by Gasteiger charge is -2.19. The van der Waals surface area contributed by atoms with Crippen molar-refractivity contribution in [2.45, 2.75) is 32.6 Å². The number of esters is 1. The fourth-order valence-electron chi connectivity index (χ4n) is 3.80. The monoisotopic (exact) mass is 389 g/mol. The molecule has 0 unspecified atom stereocenters. The number of carbonyl (C=O) groups excluding carboxylic acids is 2. The largest absolute Gasteiger partial charge is 0.494 e. The molecule has 0 saturated heterocycles. The first kappa shape index (κ1) is 19.1. The lowest BCUT2D eigenvalue weighted by atomic mass is 9.90. The van der Waals surface area contributed by atoms with Gasteiger partial charge in [0.2, 0.25) is 0 Å². The highest BCUT2D eigenvalue weighted by atomic mass is 16.5. The normalized spacial score (nSPS) is 13.0. The number of nitrogens with zero attached hydrogens (tertiary/aromatic N) is 1. The number of para-hydroxylation sites is 1. The van der Waals surface area contributed by atoms with E-state index in [-0.39, 0.29) is 12.4 Å². The molecule has 2 aromatic carbocycles. The number of fused-ring (bicyclic) bond motifs is 2. The third kappa shape index (κ3) is 3.99. The van der Waals surface area contributed by atoms with Gasteiger partial charge in [-0.05, 0) is 68.5 Å². The van der Waals surface area contributed by atoms with Crippen molar-refractivity contribution in [2.24, 2.45) is 0 Å². The van der Waals surface area contributed by atoms with E-state index in [1.807, 2.05) is 31.2 Å². The van der Waals surface area contributed by atoms with Gasteiger partial charge in [-0.2, -0.15) is 0 Å². The van der Waals surface area contributed by atoms with Crippen LogP contribution in [0.2, 0.25) is 0 Å². The molecule has 1 heterocycles. The minimum atomic E-state index is -0.457. The van der Waals surface area contributed by atoms with Crippen LogP contribution in [0.25, 0.3) is 10.9 Å². The maximum absolute atomic E-state index is 13.0. The quantitative estimate of drug-likeness (QED) is 0.457. The third-order valence-electron chi connectivity index (χ3n) is 5.20. The molecule has 1 aliphatic rings. The Labute approximate surface area is 169 Å². The van der Waals surface area contributed by atoms with Crippen molar-refractivity contribution in [3.63, 3.8) is 0 Å². The van der Waals surface area contributed by atoms with Crippen molar-refractivity contribution in [3.8, 4) is 5.75 Å². The molecule has 29 heavy (non-hydrogen) atoms. The van der Waals surface area contributed by atoms with Crippen LogP contribution in [-0.2, 0) is 17.6 Å². The second-order valence-corrected chi connectivity index (χ2v) is 7.09. The first-order valence-electron chi connectivity index (χ1n) is 10.0.